The Morgan fingerprint density at radius 2 is 2.33 bits per heavy atom. The number of carbonyl (C=O) groups excluding carboxylic acids is 1. The third kappa shape index (κ3) is 1.87. The molecule has 0 radical (unpaired) electrons. The molecule has 0 spiro atoms. The van der Waals surface area contributed by atoms with Crippen molar-refractivity contribution in [2.75, 3.05) is 6.54 Å². The molecule has 3 unspecified atom stereocenters. The highest BCUT2D eigenvalue weighted by atomic mass is 32.1. The van der Waals surface area contributed by atoms with Gasteiger partial charge in [0.2, 0.25) is 5.91 Å². The van der Waals surface area contributed by atoms with E-state index in [4.69, 9.17) is 18.0 Å². The van der Waals surface area contributed by atoms with Crippen LogP contribution in [0.3, 0.4) is 0 Å². The lowest BCUT2D eigenvalue weighted by molar-refractivity contribution is -0.135. The topological polar surface area (TPSA) is 46.3 Å². The third-order valence-electron chi connectivity index (χ3n) is 3.74. The number of amides is 1. The van der Waals surface area contributed by atoms with E-state index in [1.807, 2.05) is 11.8 Å². The molecular formula is C11H18N2OS. The lowest BCUT2D eigenvalue weighted by atomic mass is 10.0. The largest absolute Gasteiger partial charge is 0.393 e. The van der Waals surface area contributed by atoms with Crippen molar-refractivity contribution in [2.24, 2.45) is 17.6 Å². The molecule has 15 heavy (non-hydrogen) atoms. The second-order valence-electron chi connectivity index (χ2n) is 4.69. The van der Waals surface area contributed by atoms with Gasteiger partial charge in [-0.2, -0.15) is 0 Å². The summed E-state index contributed by atoms with van der Waals surface area (Å²) in [4.78, 5) is 14.5. The average molecular weight is 226 g/mol. The quantitative estimate of drug-likeness (QED) is 0.738. The fraction of sp³-hybridized carbons (Fsp3) is 0.818. The van der Waals surface area contributed by atoms with Crippen LogP contribution in [0.1, 0.15) is 32.6 Å². The van der Waals surface area contributed by atoms with Crippen molar-refractivity contribution in [3.05, 3.63) is 0 Å². The first-order valence-electron chi connectivity index (χ1n) is 5.73. The summed E-state index contributed by atoms with van der Waals surface area (Å²) in [5.74, 6) is 0.666. The van der Waals surface area contributed by atoms with E-state index in [2.05, 4.69) is 0 Å². The van der Waals surface area contributed by atoms with Crippen LogP contribution < -0.4 is 5.73 Å². The van der Waals surface area contributed by atoms with Gasteiger partial charge in [-0.1, -0.05) is 19.1 Å². The van der Waals surface area contributed by atoms with Crippen molar-refractivity contribution in [3.8, 4) is 0 Å². The fourth-order valence-corrected chi connectivity index (χ4v) is 3.16. The maximum atomic E-state index is 12.2. The molecule has 84 valence electrons. The summed E-state index contributed by atoms with van der Waals surface area (Å²) in [6.07, 6.45) is 4.38. The number of rotatable bonds is 3. The van der Waals surface area contributed by atoms with Gasteiger partial charge in [-0.3, -0.25) is 4.79 Å². The summed E-state index contributed by atoms with van der Waals surface area (Å²) in [7, 11) is 0. The Hall–Kier alpha value is -0.640. The molecule has 0 aromatic heterocycles. The van der Waals surface area contributed by atoms with E-state index in [1.54, 1.807) is 0 Å². The Bertz CT molecular complexity index is 292. The van der Waals surface area contributed by atoms with Crippen LogP contribution in [-0.4, -0.2) is 28.4 Å². The fourth-order valence-electron chi connectivity index (χ4n) is 2.89. The summed E-state index contributed by atoms with van der Waals surface area (Å²) >= 11 is 4.94. The van der Waals surface area contributed by atoms with E-state index in [9.17, 15) is 4.79 Å². The zero-order valence-corrected chi connectivity index (χ0v) is 9.93. The lowest BCUT2D eigenvalue weighted by Crippen LogP contribution is -2.44. The highest BCUT2D eigenvalue weighted by molar-refractivity contribution is 7.80. The molecule has 2 N–H and O–H groups in total. The van der Waals surface area contributed by atoms with Crippen LogP contribution in [0.4, 0.5) is 0 Å². The Labute approximate surface area is 96.0 Å². The second kappa shape index (κ2) is 4.08. The Morgan fingerprint density at radius 1 is 1.60 bits per heavy atom. The van der Waals surface area contributed by atoms with Crippen molar-refractivity contribution in [1.29, 1.82) is 0 Å². The molecule has 1 saturated carbocycles. The van der Waals surface area contributed by atoms with Crippen molar-refractivity contribution >= 4 is 23.1 Å². The Balaban J connectivity index is 2.04. The summed E-state index contributed by atoms with van der Waals surface area (Å²) in [5.41, 5.74) is 5.60. The minimum atomic E-state index is -0.237. The first-order chi connectivity index (χ1) is 7.13. The van der Waals surface area contributed by atoms with Crippen molar-refractivity contribution in [3.63, 3.8) is 0 Å². The molecule has 1 aliphatic heterocycles. The molecule has 0 aromatic carbocycles. The Kier molecular flexibility index (Phi) is 2.96. The average Bonchev–Trinajstić information content (AvgIpc) is 2.78. The van der Waals surface area contributed by atoms with Gasteiger partial charge >= 0.3 is 0 Å². The Morgan fingerprint density at radius 3 is 2.73 bits per heavy atom. The molecule has 1 aliphatic carbocycles. The van der Waals surface area contributed by atoms with Gasteiger partial charge in [0.1, 0.15) is 0 Å². The molecule has 1 saturated heterocycles. The van der Waals surface area contributed by atoms with E-state index in [-0.39, 0.29) is 11.8 Å². The highest BCUT2D eigenvalue weighted by Crippen LogP contribution is 2.38. The van der Waals surface area contributed by atoms with E-state index in [0.717, 1.165) is 18.9 Å². The highest BCUT2D eigenvalue weighted by Gasteiger charge is 2.42. The monoisotopic (exact) mass is 226 g/mol. The smallest absolute Gasteiger partial charge is 0.232 e. The zero-order valence-electron chi connectivity index (χ0n) is 9.11. The van der Waals surface area contributed by atoms with Gasteiger partial charge in [-0.25, -0.2) is 0 Å². The number of likely N-dealkylation sites (tertiary alicyclic amines) is 1. The predicted molar refractivity (Wildman–Crippen MR) is 63.4 cm³/mol. The molecule has 3 atom stereocenters. The summed E-state index contributed by atoms with van der Waals surface area (Å²) in [5, 5.41) is 0. The van der Waals surface area contributed by atoms with Crippen LogP contribution >= 0.6 is 12.2 Å². The molecule has 3 nitrogen and oxygen atoms in total. The van der Waals surface area contributed by atoms with E-state index in [0.29, 0.717) is 11.0 Å². The van der Waals surface area contributed by atoms with Gasteiger partial charge in [-0.05, 0) is 31.6 Å². The number of nitrogens with two attached hydrogens (primary N) is 1. The van der Waals surface area contributed by atoms with Crippen LogP contribution in [-0.2, 0) is 4.79 Å². The number of hydrogen-bond acceptors (Lipinski definition) is 2. The van der Waals surface area contributed by atoms with E-state index < -0.39 is 0 Å². The van der Waals surface area contributed by atoms with Gasteiger partial charge < -0.3 is 10.6 Å². The predicted octanol–water partition coefficient (Wildman–Crippen LogP) is 1.31. The number of nitrogens with zero attached hydrogens (tertiary/aromatic N) is 1. The minimum absolute atomic E-state index is 0.164. The normalized spacial score (nSPS) is 30.6. The van der Waals surface area contributed by atoms with Gasteiger partial charge in [0.15, 0.2) is 0 Å². The molecule has 0 aromatic rings. The van der Waals surface area contributed by atoms with Crippen LogP contribution in [0, 0.1) is 11.8 Å². The minimum Gasteiger partial charge on any atom is -0.393 e. The molecule has 2 fully saturated rings. The zero-order chi connectivity index (χ0) is 11.0. The van der Waals surface area contributed by atoms with Crippen molar-refractivity contribution in [2.45, 2.75) is 38.6 Å². The summed E-state index contributed by atoms with van der Waals surface area (Å²) in [6.45, 7) is 2.90. The SMILES string of the molecule is CCC(C(=O)N1CC2CCC1C2)C(N)=S. The molecule has 1 amide bonds. The molecular weight excluding hydrogens is 208 g/mol. The summed E-state index contributed by atoms with van der Waals surface area (Å²) < 4.78 is 0. The van der Waals surface area contributed by atoms with Gasteiger partial charge in [-0.15, -0.1) is 0 Å². The standard InChI is InChI=1S/C11H18N2OS/c1-2-9(10(12)15)11(14)13-6-7-3-4-8(13)5-7/h7-9H,2-6H2,1H3,(H2,12,15). The van der Waals surface area contributed by atoms with Crippen molar-refractivity contribution < 1.29 is 4.79 Å². The van der Waals surface area contributed by atoms with Gasteiger partial charge in [0, 0.05) is 12.6 Å². The van der Waals surface area contributed by atoms with Crippen LogP contribution in [0.2, 0.25) is 0 Å². The van der Waals surface area contributed by atoms with Crippen LogP contribution in [0.5, 0.6) is 0 Å². The number of hydrogen-bond donors (Lipinski definition) is 1. The maximum absolute atomic E-state index is 12.2. The first-order valence-corrected chi connectivity index (χ1v) is 6.14. The van der Waals surface area contributed by atoms with Gasteiger partial charge in [0.25, 0.3) is 0 Å². The lowest BCUT2D eigenvalue weighted by Gasteiger charge is -2.30. The summed E-state index contributed by atoms with van der Waals surface area (Å²) in [6, 6.07) is 0.478. The number of carbonyl (C=O) groups is 1. The molecule has 1 heterocycles. The number of fused-ring (bicyclic) bond motifs is 2. The van der Waals surface area contributed by atoms with Crippen LogP contribution in [0.25, 0.3) is 0 Å². The van der Waals surface area contributed by atoms with E-state index >= 15 is 0 Å². The van der Waals surface area contributed by atoms with Gasteiger partial charge in [0.05, 0.1) is 10.9 Å². The molecule has 4 heteroatoms. The third-order valence-corrected chi connectivity index (χ3v) is 4.03. The van der Waals surface area contributed by atoms with E-state index in [1.165, 1.54) is 19.3 Å². The van der Waals surface area contributed by atoms with Crippen LogP contribution in [0.15, 0.2) is 0 Å². The molecule has 2 bridgehead atoms. The first kappa shape index (κ1) is 10.9. The molecule has 2 rings (SSSR count). The maximum Gasteiger partial charge on any atom is 0.232 e. The molecule has 2 aliphatic rings. The number of piperidine rings is 1. The number of thiocarbonyl (C=S) groups is 1. The van der Waals surface area contributed by atoms with Crippen molar-refractivity contribution in [1.82, 2.24) is 4.90 Å². The second-order valence-corrected chi connectivity index (χ2v) is 5.16.